The van der Waals surface area contributed by atoms with E-state index in [1.54, 1.807) is 0 Å². The molecular weight excluding hydrogens is 489 g/mol. The number of halogens is 2. The van der Waals surface area contributed by atoms with Crippen molar-refractivity contribution in [3.05, 3.63) is 97.2 Å². The van der Waals surface area contributed by atoms with Crippen LogP contribution in [0.2, 0.25) is 0 Å². The third kappa shape index (κ3) is 5.29. The van der Waals surface area contributed by atoms with Crippen molar-refractivity contribution in [2.75, 3.05) is 0 Å². The average molecular weight is 507 g/mol. The Bertz CT molecular complexity index is 895. The van der Waals surface area contributed by atoms with Crippen molar-refractivity contribution in [2.24, 2.45) is 0 Å². The summed E-state index contributed by atoms with van der Waals surface area (Å²) in [6, 6.07) is 32.3. The maximum absolute atomic E-state index is 4.81. The number of aromatic nitrogens is 2. The molecule has 0 saturated carbocycles. The van der Waals surface area contributed by atoms with E-state index in [0.717, 1.165) is 5.69 Å². The van der Waals surface area contributed by atoms with Gasteiger partial charge in [-0.3, -0.25) is 5.10 Å². The standard InChI is InChI=1S/C21H17N2P.2ClH.Pd/c1-3-9-17(10-4-1)24(18-11-5-2-6-12-18)21-14-8-7-13-19(21)20-15-16-22-23-20;;;/h1-16H,(H,22,23);2*1H;/q;;;+2/p-1. The third-order valence-corrected chi connectivity index (χ3v) is 6.89. The number of nitrogens with one attached hydrogen (secondary N) is 1. The van der Waals surface area contributed by atoms with Gasteiger partial charge in [0.05, 0.1) is 13.6 Å². The zero-order valence-corrected chi connectivity index (χ0v) is 18.3. The van der Waals surface area contributed by atoms with Crippen molar-refractivity contribution in [1.29, 1.82) is 0 Å². The summed E-state index contributed by atoms with van der Waals surface area (Å²) in [6.07, 6.45) is 1.88. The molecule has 0 fully saturated rings. The van der Waals surface area contributed by atoms with E-state index in [2.05, 4.69) is 95.1 Å². The van der Waals surface area contributed by atoms with E-state index < -0.39 is 7.92 Å². The second kappa shape index (κ2) is 10.8. The number of aromatic amines is 1. The summed E-state index contributed by atoms with van der Waals surface area (Å²) in [4.78, 5) is 0. The van der Waals surface area contributed by atoms with Crippen LogP contribution in [-0.4, -0.2) is 10.2 Å². The Balaban J connectivity index is 0.000000659. The first-order valence-corrected chi connectivity index (χ1v) is 13.7. The van der Waals surface area contributed by atoms with Gasteiger partial charge in [0.2, 0.25) is 0 Å². The Morgan fingerprint density at radius 2 is 1.22 bits per heavy atom. The molecule has 0 aliphatic rings. The summed E-state index contributed by atoms with van der Waals surface area (Å²) >= 11 is -0.106. The molecule has 0 aliphatic carbocycles. The summed E-state index contributed by atoms with van der Waals surface area (Å²) < 4.78 is 0. The summed E-state index contributed by atoms with van der Waals surface area (Å²) in [5.74, 6) is 0. The van der Waals surface area contributed by atoms with Gasteiger partial charge in [0, 0.05) is 11.8 Å². The first kappa shape index (κ1) is 20.3. The molecule has 0 spiro atoms. The van der Waals surface area contributed by atoms with Gasteiger partial charge < -0.3 is 0 Å². The molecule has 0 radical (unpaired) electrons. The summed E-state index contributed by atoms with van der Waals surface area (Å²) in [5.41, 5.74) is 2.21. The number of rotatable bonds is 4. The summed E-state index contributed by atoms with van der Waals surface area (Å²) in [6.45, 7) is 0. The Morgan fingerprint density at radius 3 is 1.74 bits per heavy atom. The molecular formula is C21H18Cl2N2PPd+. The largest absolute Gasteiger partial charge is 0.285 e. The predicted octanol–water partition coefficient (Wildman–Crippen LogP) is 4.94. The number of nitrogens with zero attached hydrogens (tertiary/aromatic N) is 1. The molecule has 2 nitrogen and oxygen atoms in total. The monoisotopic (exact) mass is 505 g/mol. The molecule has 0 atom stereocenters. The topological polar surface area (TPSA) is 28.7 Å². The van der Waals surface area contributed by atoms with E-state index in [1.165, 1.54) is 21.5 Å². The number of hydrogen-bond acceptors (Lipinski definition) is 1. The second-order valence-corrected chi connectivity index (χ2v) is 10.5. The first-order chi connectivity index (χ1) is 13.3. The number of H-pyrrole nitrogens is 1. The molecule has 0 unspecified atom stereocenters. The summed E-state index contributed by atoms with van der Waals surface area (Å²) in [5, 5.41) is 11.5. The van der Waals surface area contributed by atoms with E-state index in [9.17, 15) is 0 Å². The molecule has 4 rings (SSSR count). The molecule has 1 aromatic heterocycles. The van der Waals surface area contributed by atoms with Crippen molar-refractivity contribution in [3.63, 3.8) is 0 Å². The van der Waals surface area contributed by atoms with Crippen LogP contribution in [0, 0.1) is 0 Å². The second-order valence-electron chi connectivity index (χ2n) is 5.66. The van der Waals surface area contributed by atoms with Gasteiger partial charge in [-0.05, 0) is 42.5 Å². The van der Waals surface area contributed by atoms with Crippen molar-refractivity contribution in [2.45, 2.75) is 0 Å². The van der Waals surface area contributed by atoms with Gasteiger partial charge in [0.15, 0.2) is 0 Å². The van der Waals surface area contributed by atoms with E-state index >= 15 is 0 Å². The Hall–Kier alpha value is -1.46. The molecule has 27 heavy (non-hydrogen) atoms. The average Bonchev–Trinajstić information content (AvgIpc) is 3.26. The zero-order chi connectivity index (χ0) is 18.9. The van der Waals surface area contributed by atoms with Crippen molar-refractivity contribution in [3.8, 4) is 11.3 Å². The van der Waals surface area contributed by atoms with Crippen LogP contribution in [0.15, 0.2) is 97.2 Å². The number of benzene rings is 3. The molecule has 6 heteroatoms. The first-order valence-electron chi connectivity index (χ1n) is 8.25. The van der Waals surface area contributed by atoms with E-state index in [4.69, 9.17) is 19.1 Å². The van der Waals surface area contributed by atoms with Crippen LogP contribution in [-0.2, 0) is 15.9 Å². The van der Waals surface area contributed by atoms with E-state index in [1.807, 2.05) is 12.3 Å². The fourth-order valence-electron chi connectivity index (χ4n) is 3.02. The van der Waals surface area contributed by atoms with Gasteiger partial charge in [-0.25, -0.2) is 0 Å². The van der Waals surface area contributed by atoms with Crippen LogP contribution in [0.25, 0.3) is 11.3 Å². The van der Waals surface area contributed by atoms with Gasteiger partial charge in [-0.2, -0.15) is 5.10 Å². The fraction of sp³-hybridized carbons (Fsp3) is 0. The van der Waals surface area contributed by atoms with E-state index in [0.29, 0.717) is 0 Å². The Kier molecular flexibility index (Phi) is 8.09. The molecule has 0 amide bonds. The third-order valence-electron chi connectivity index (χ3n) is 4.10. The summed E-state index contributed by atoms with van der Waals surface area (Å²) in [7, 11) is 8.54. The maximum atomic E-state index is 4.81. The van der Waals surface area contributed by atoms with Crippen LogP contribution < -0.4 is 15.9 Å². The smallest absolute Gasteiger partial charge is 0.111 e. The molecule has 1 N–H and O–H groups in total. The number of hydrogen-bond donors (Lipinski definition) is 1. The van der Waals surface area contributed by atoms with Crippen LogP contribution >= 0.6 is 27.0 Å². The van der Waals surface area contributed by atoms with Gasteiger partial charge in [-0.15, -0.1) is 0 Å². The van der Waals surface area contributed by atoms with Crippen LogP contribution in [0.1, 0.15) is 0 Å². The fourth-order valence-corrected chi connectivity index (χ4v) is 5.77. The normalized spacial score (nSPS) is 10.5. The molecule has 0 saturated heterocycles. The molecule has 4 aromatic rings. The zero-order valence-electron chi connectivity index (χ0n) is 14.3. The minimum absolute atomic E-state index is 0.106. The Labute approximate surface area is 176 Å². The molecule has 3 aromatic carbocycles. The van der Waals surface area contributed by atoms with Crippen LogP contribution in [0.3, 0.4) is 0 Å². The van der Waals surface area contributed by atoms with Crippen molar-refractivity contribution < 1.29 is 15.9 Å². The molecule has 0 bridgehead atoms. The minimum Gasteiger partial charge on any atom is -0.285 e. The quantitative estimate of drug-likeness (QED) is 0.308. The van der Waals surface area contributed by atoms with E-state index in [-0.39, 0.29) is 15.9 Å². The molecule has 0 aliphatic heterocycles. The predicted molar refractivity (Wildman–Crippen MR) is 116 cm³/mol. The van der Waals surface area contributed by atoms with Gasteiger partial charge >= 0.3 is 35.0 Å². The Morgan fingerprint density at radius 1 is 0.704 bits per heavy atom. The van der Waals surface area contributed by atoms with Gasteiger partial charge in [0.1, 0.15) is 15.9 Å². The SMILES string of the molecule is [Cl][Pd][Cl].c1ccc([PH+](c2ccccc2)c2ccccc2-c2cc[nH]n2)cc1. The maximum Gasteiger partial charge on any atom is 0.111 e. The van der Waals surface area contributed by atoms with Crippen molar-refractivity contribution >= 4 is 42.9 Å². The minimum atomic E-state index is -1.09. The van der Waals surface area contributed by atoms with Crippen LogP contribution in [0.5, 0.6) is 0 Å². The van der Waals surface area contributed by atoms with Gasteiger partial charge in [-0.1, -0.05) is 48.5 Å². The van der Waals surface area contributed by atoms with Gasteiger partial charge in [0.25, 0.3) is 0 Å². The van der Waals surface area contributed by atoms with Crippen LogP contribution in [0.4, 0.5) is 0 Å². The molecule has 140 valence electrons. The molecule has 1 heterocycles. The van der Waals surface area contributed by atoms with Crippen molar-refractivity contribution in [1.82, 2.24) is 10.2 Å².